The van der Waals surface area contributed by atoms with Crippen LogP contribution in [0.2, 0.25) is 0 Å². The van der Waals surface area contributed by atoms with Gasteiger partial charge in [-0.2, -0.15) is 13.2 Å². The van der Waals surface area contributed by atoms with Gasteiger partial charge in [-0.1, -0.05) is 13.0 Å². The van der Waals surface area contributed by atoms with Crippen molar-refractivity contribution in [3.63, 3.8) is 0 Å². The highest BCUT2D eigenvalue weighted by Gasteiger charge is 2.42. The van der Waals surface area contributed by atoms with E-state index in [0.717, 1.165) is 24.1 Å². The van der Waals surface area contributed by atoms with Gasteiger partial charge >= 0.3 is 6.18 Å². The van der Waals surface area contributed by atoms with Crippen molar-refractivity contribution >= 4 is 11.8 Å². The second-order valence-electron chi connectivity index (χ2n) is 9.08. The predicted molar refractivity (Wildman–Crippen MR) is 119 cm³/mol. The number of hydrogen-bond donors (Lipinski definition) is 1. The van der Waals surface area contributed by atoms with Gasteiger partial charge in [0.1, 0.15) is 17.6 Å². The second-order valence-corrected chi connectivity index (χ2v) is 9.08. The SMILES string of the molecule is CCc1ccnc(C(=O)N2[C@H](C)CC[C@@H]2C(=O)N[C@@H](c2ccc(C(F)(F)F)cc2F)C2COC2)c1. The molecule has 0 bridgehead atoms. The first-order valence-corrected chi connectivity index (χ1v) is 11.6. The van der Waals surface area contributed by atoms with Crippen LogP contribution in [0.4, 0.5) is 17.6 Å². The first-order valence-electron chi connectivity index (χ1n) is 11.6. The zero-order valence-electron chi connectivity index (χ0n) is 19.4. The molecule has 2 aromatic rings. The van der Waals surface area contributed by atoms with Crippen LogP contribution in [0, 0.1) is 11.7 Å². The fourth-order valence-corrected chi connectivity index (χ4v) is 4.63. The van der Waals surface area contributed by atoms with E-state index in [4.69, 9.17) is 4.74 Å². The Kier molecular flexibility index (Phi) is 7.12. The van der Waals surface area contributed by atoms with Crippen molar-refractivity contribution in [1.82, 2.24) is 15.2 Å². The summed E-state index contributed by atoms with van der Waals surface area (Å²) in [6, 6.07) is 3.93. The van der Waals surface area contributed by atoms with Crippen molar-refractivity contribution in [2.24, 2.45) is 5.92 Å². The number of aryl methyl sites for hydroxylation is 1. The summed E-state index contributed by atoms with van der Waals surface area (Å²) in [5.74, 6) is -2.19. The molecule has 2 saturated heterocycles. The molecule has 2 aliphatic rings. The Hall–Kier alpha value is -3.01. The number of nitrogens with one attached hydrogen (secondary N) is 1. The van der Waals surface area contributed by atoms with E-state index in [0.29, 0.717) is 18.9 Å². The average Bonchev–Trinajstić information content (AvgIpc) is 3.17. The van der Waals surface area contributed by atoms with Crippen molar-refractivity contribution in [2.45, 2.75) is 57.4 Å². The Labute approximate surface area is 200 Å². The highest BCUT2D eigenvalue weighted by atomic mass is 19.4. The van der Waals surface area contributed by atoms with Crippen LogP contribution in [0.25, 0.3) is 0 Å². The lowest BCUT2D eigenvalue weighted by Crippen LogP contribution is -2.51. The number of benzene rings is 1. The number of alkyl halides is 3. The maximum atomic E-state index is 14.8. The molecule has 2 fully saturated rings. The Bertz CT molecular complexity index is 1100. The van der Waals surface area contributed by atoms with Crippen molar-refractivity contribution in [3.8, 4) is 0 Å². The van der Waals surface area contributed by atoms with Crippen LogP contribution in [-0.2, 0) is 22.1 Å². The minimum atomic E-state index is -4.68. The van der Waals surface area contributed by atoms with Gasteiger partial charge in [0.15, 0.2) is 0 Å². The molecular weight excluding hydrogens is 466 g/mol. The molecule has 3 heterocycles. The van der Waals surface area contributed by atoms with Crippen LogP contribution < -0.4 is 5.32 Å². The van der Waals surface area contributed by atoms with E-state index in [2.05, 4.69) is 10.3 Å². The lowest BCUT2D eigenvalue weighted by atomic mass is 9.90. The van der Waals surface area contributed by atoms with E-state index in [9.17, 15) is 27.2 Å². The Morgan fingerprint density at radius 3 is 2.54 bits per heavy atom. The van der Waals surface area contributed by atoms with Gasteiger partial charge in [-0.15, -0.1) is 0 Å². The fraction of sp³-hybridized carbons (Fsp3) is 0.480. The van der Waals surface area contributed by atoms with Gasteiger partial charge in [-0.05, 0) is 56.0 Å². The molecule has 188 valence electrons. The molecule has 10 heteroatoms. The van der Waals surface area contributed by atoms with E-state index >= 15 is 0 Å². The van der Waals surface area contributed by atoms with Gasteiger partial charge in [-0.25, -0.2) is 4.39 Å². The molecule has 1 N–H and O–H groups in total. The van der Waals surface area contributed by atoms with Gasteiger partial charge in [0.25, 0.3) is 5.91 Å². The Morgan fingerprint density at radius 2 is 1.94 bits per heavy atom. The van der Waals surface area contributed by atoms with Crippen LogP contribution in [-0.4, -0.2) is 47.0 Å². The van der Waals surface area contributed by atoms with E-state index in [1.54, 1.807) is 12.3 Å². The van der Waals surface area contributed by atoms with Gasteiger partial charge in [0.2, 0.25) is 5.91 Å². The minimum absolute atomic E-state index is 0.0408. The quantitative estimate of drug-likeness (QED) is 0.610. The zero-order valence-corrected chi connectivity index (χ0v) is 19.4. The van der Waals surface area contributed by atoms with Gasteiger partial charge in [0.05, 0.1) is 24.8 Å². The lowest BCUT2D eigenvalue weighted by molar-refractivity contribution is -0.138. The number of ether oxygens (including phenoxy) is 1. The molecule has 0 saturated carbocycles. The fourth-order valence-electron chi connectivity index (χ4n) is 4.63. The third kappa shape index (κ3) is 5.17. The lowest BCUT2D eigenvalue weighted by Gasteiger charge is -2.36. The summed E-state index contributed by atoms with van der Waals surface area (Å²) >= 11 is 0. The first-order chi connectivity index (χ1) is 16.6. The number of likely N-dealkylation sites (tertiary alicyclic amines) is 1. The molecule has 0 aliphatic carbocycles. The summed E-state index contributed by atoms with van der Waals surface area (Å²) in [6.45, 7) is 4.29. The maximum Gasteiger partial charge on any atom is 0.416 e. The summed E-state index contributed by atoms with van der Waals surface area (Å²) in [5.41, 5.74) is 0.0467. The molecule has 0 radical (unpaired) electrons. The summed E-state index contributed by atoms with van der Waals surface area (Å²) in [4.78, 5) is 32.3. The predicted octanol–water partition coefficient (Wildman–Crippen LogP) is 4.30. The van der Waals surface area contributed by atoms with Crippen LogP contribution in [0.15, 0.2) is 36.5 Å². The number of hydrogen-bond acceptors (Lipinski definition) is 4. The van der Waals surface area contributed by atoms with Gasteiger partial charge in [-0.3, -0.25) is 14.6 Å². The molecule has 35 heavy (non-hydrogen) atoms. The van der Waals surface area contributed by atoms with Crippen molar-refractivity contribution in [2.75, 3.05) is 13.2 Å². The number of carbonyl (C=O) groups is 2. The van der Waals surface area contributed by atoms with Crippen LogP contribution in [0.5, 0.6) is 0 Å². The van der Waals surface area contributed by atoms with Crippen molar-refractivity contribution in [1.29, 1.82) is 0 Å². The first kappa shape index (κ1) is 25.1. The number of rotatable bonds is 6. The number of nitrogens with zero attached hydrogens (tertiary/aromatic N) is 2. The van der Waals surface area contributed by atoms with E-state index in [1.807, 2.05) is 19.9 Å². The molecule has 6 nitrogen and oxygen atoms in total. The molecule has 1 aromatic heterocycles. The zero-order chi connectivity index (χ0) is 25.3. The standard InChI is InChI=1S/C25H27F4N3O3/c1-3-15-8-9-30-20(10-15)24(34)32-14(2)4-7-21(32)23(33)31-22(16-12-35-13-16)18-6-5-17(11-19(18)26)25(27,28)29/h5-6,8-11,14,16,21-22H,3-4,7,12-13H2,1-2H3,(H,31,33)/t14-,21-,22-/m1/s1. The molecular formula is C25H27F4N3O3. The van der Waals surface area contributed by atoms with E-state index < -0.39 is 35.5 Å². The van der Waals surface area contributed by atoms with Gasteiger partial charge in [0, 0.05) is 23.7 Å². The van der Waals surface area contributed by atoms with Crippen LogP contribution in [0.3, 0.4) is 0 Å². The smallest absolute Gasteiger partial charge is 0.381 e. The molecule has 2 aliphatic heterocycles. The molecule has 0 unspecified atom stereocenters. The van der Waals surface area contributed by atoms with E-state index in [1.165, 1.54) is 4.90 Å². The van der Waals surface area contributed by atoms with Crippen LogP contribution in [0.1, 0.15) is 59.9 Å². The van der Waals surface area contributed by atoms with E-state index in [-0.39, 0.29) is 42.3 Å². The Balaban J connectivity index is 1.57. The average molecular weight is 494 g/mol. The second kappa shape index (κ2) is 9.93. The normalized spacial score (nSPS) is 21.5. The third-order valence-electron chi connectivity index (χ3n) is 6.75. The molecule has 4 rings (SSSR count). The number of halogens is 4. The van der Waals surface area contributed by atoms with Crippen molar-refractivity contribution in [3.05, 3.63) is 64.7 Å². The number of carbonyl (C=O) groups excluding carboxylic acids is 2. The van der Waals surface area contributed by atoms with Gasteiger partial charge < -0.3 is 15.0 Å². The monoisotopic (exact) mass is 493 g/mol. The molecule has 1 aromatic carbocycles. The third-order valence-corrected chi connectivity index (χ3v) is 6.75. The molecule has 2 amide bonds. The Morgan fingerprint density at radius 1 is 1.20 bits per heavy atom. The maximum absolute atomic E-state index is 14.8. The number of amides is 2. The largest absolute Gasteiger partial charge is 0.416 e. The summed E-state index contributed by atoms with van der Waals surface area (Å²) in [6.07, 6.45) is -1.38. The highest BCUT2D eigenvalue weighted by Crippen LogP contribution is 2.35. The summed E-state index contributed by atoms with van der Waals surface area (Å²) < 4.78 is 59.0. The minimum Gasteiger partial charge on any atom is -0.381 e. The van der Waals surface area contributed by atoms with Crippen molar-refractivity contribution < 1.29 is 31.9 Å². The number of pyridine rings is 1. The molecule has 0 spiro atoms. The topological polar surface area (TPSA) is 71.5 Å². The molecule has 3 atom stereocenters. The number of aromatic nitrogens is 1. The van der Waals surface area contributed by atoms with Crippen LogP contribution >= 0.6 is 0 Å². The highest BCUT2D eigenvalue weighted by molar-refractivity contribution is 5.97. The summed E-state index contributed by atoms with van der Waals surface area (Å²) in [7, 11) is 0. The summed E-state index contributed by atoms with van der Waals surface area (Å²) in [5, 5.41) is 2.80.